The zero-order valence-electron chi connectivity index (χ0n) is 10.8. The van der Waals surface area contributed by atoms with E-state index in [-0.39, 0.29) is 11.9 Å². The second-order valence-corrected chi connectivity index (χ2v) is 4.71. The second-order valence-electron chi connectivity index (χ2n) is 4.71. The predicted octanol–water partition coefficient (Wildman–Crippen LogP) is 1.53. The molecule has 1 atom stereocenters. The Bertz CT molecular complexity index is 420. The minimum atomic E-state index is 0.150. The van der Waals surface area contributed by atoms with Gasteiger partial charge in [0.1, 0.15) is 5.75 Å². The van der Waals surface area contributed by atoms with Gasteiger partial charge in [-0.05, 0) is 18.9 Å². The van der Waals surface area contributed by atoms with Gasteiger partial charge in [-0.2, -0.15) is 0 Å². The van der Waals surface area contributed by atoms with Crippen LogP contribution in [0.25, 0.3) is 0 Å². The fourth-order valence-corrected chi connectivity index (χ4v) is 2.26. The van der Waals surface area contributed by atoms with Gasteiger partial charge in [0.15, 0.2) is 0 Å². The number of ether oxygens (including phenoxy) is 1. The summed E-state index contributed by atoms with van der Waals surface area (Å²) < 4.78 is 5.31. The number of hydrogen-bond donors (Lipinski definition) is 1. The Morgan fingerprint density at radius 2 is 2.17 bits per heavy atom. The van der Waals surface area contributed by atoms with Crippen molar-refractivity contribution in [3.63, 3.8) is 0 Å². The van der Waals surface area contributed by atoms with E-state index < -0.39 is 0 Å². The number of methoxy groups -OCH3 is 1. The number of carbonyl (C=O) groups excluding carboxylic acids is 1. The van der Waals surface area contributed by atoms with E-state index in [2.05, 4.69) is 0 Å². The zero-order valence-corrected chi connectivity index (χ0v) is 10.8. The third-order valence-corrected chi connectivity index (χ3v) is 3.41. The number of para-hydroxylation sites is 1. The van der Waals surface area contributed by atoms with Gasteiger partial charge in [-0.15, -0.1) is 0 Å². The lowest BCUT2D eigenvalue weighted by Gasteiger charge is -2.21. The molecule has 0 bridgehead atoms. The molecule has 0 spiro atoms. The van der Waals surface area contributed by atoms with Crippen LogP contribution in [0.2, 0.25) is 0 Å². The molecule has 1 unspecified atom stereocenters. The highest BCUT2D eigenvalue weighted by Gasteiger charge is 2.21. The van der Waals surface area contributed by atoms with Crippen molar-refractivity contribution < 1.29 is 9.53 Å². The number of likely N-dealkylation sites (tertiary alicyclic amines) is 1. The summed E-state index contributed by atoms with van der Waals surface area (Å²) in [5.74, 6) is 1.02. The van der Waals surface area contributed by atoms with E-state index in [1.165, 1.54) is 0 Å². The monoisotopic (exact) mass is 248 g/mol. The molecule has 1 aromatic rings. The molecule has 2 N–H and O–H groups in total. The fourth-order valence-electron chi connectivity index (χ4n) is 2.26. The maximum absolute atomic E-state index is 12.0. The van der Waals surface area contributed by atoms with Crippen molar-refractivity contribution in [3.8, 4) is 5.75 Å². The van der Waals surface area contributed by atoms with Crippen molar-refractivity contribution in [2.45, 2.75) is 31.8 Å². The Labute approximate surface area is 108 Å². The van der Waals surface area contributed by atoms with Crippen molar-refractivity contribution in [2.24, 2.45) is 5.73 Å². The molecule has 1 aromatic carbocycles. The van der Waals surface area contributed by atoms with Crippen LogP contribution in [0, 0.1) is 0 Å². The van der Waals surface area contributed by atoms with Gasteiger partial charge in [-0.1, -0.05) is 18.2 Å². The van der Waals surface area contributed by atoms with Gasteiger partial charge in [-0.3, -0.25) is 4.79 Å². The molecule has 0 saturated carbocycles. The molecule has 4 nitrogen and oxygen atoms in total. The first-order valence-corrected chi connectivity index (χ1v) is 6.36. The van der Waals surface area contributed by atoms with Crippen molar-refractivity contribution in [2.75, 3.05) is 13.7 Å². The number of nitrogens with zero attached hydrogens (tertiary/aromatic N) is 1. The summed E-state index contributed by atoms with van der Waals surface area (Å²) >= 11 is 0. The summed E-state index contributed by atoms with van der Waals surface area (Å²) in [5.41, 5.74) is 6.95. The van der Waals surface area contributed by atoms with Gasteiger partial charge < -0.3 is 15.4 Å². The third kappa shape index (κ3) is 3.01. The van der Waals surface area contributed by atoms with E-state index in [9.17, 15) is 4.79 Å². The number of hydrogen-bond acceptors (Lipinski definition) is 3. The highest BCUT2D eigenvalue weighted by atomic mass is 16.5. The largest absolute Gasteiger partial charge is 0.496 e. The number of rotatable bonds is 3. The Kier molecular flexibility index (Phi) is 4.20. The van der Waals surface area contributed by atoms with Gasteiger partial charge in [0.25, 0.3) is 0 Å². The molecular formula is C14H20N2O2. The molecule has 0 aromatic heterocycles. The van der Waals surface area contributed by atoms with Gasteiger partial charge in [0, 0.05) is 31.1 Å². The zero-order chi connectivity index (χ0) is 13.0. The van der Waals surface area contributed by atoms with Gasteiger partial charge in [0.2, 0.25) is 5.91 Å². The SMILES string of the molecule is COc1ccccc1CN1CCC(N)CCC1=O. The van der Waals surface area contributed by atoms with Crippen molar-refractivity contribution >= 4 is 5.91 Å². The van der Waals surface area contributed by atoms with Crippen LogP contribution < -0.4 is 10.5 Å². The highest BCUT2D eigenvalue weighted by Crippen LogP contribution is 2.21. The molecular weight excluding hydrogens is 228 g/mol. The first kappa shape index (κ1) is 12.9. The van der Waals surface area contributed by atoms with Crippen LogP contribution in [-0.4, -0.2) is 30.5 Å². The van der Waals surface area contributed by atoms with Gasteiger partial charge in [0.05, 0.1) is 7.11 Å². The maximum Gasteiger partial charge on any atom is 0.222 e. The molecule has 98 valence electrons. The van der Waals surface area contributed by atoms with E-state index >= 15 is 0 Å². The van der Waals surface area contributed by atoms with Gasteiger partial charge in [-0.25, -0.2) is 0 Å². The van der Waals surface area contributed by atoms with E-state index in [0.717, 1.165) is 30.7 Å². The average molecular weight is 248 g/mol. The quantitative estimate of drug-likeness (QED) is 0.882. The molecule has 1 saturated heterocycles. The maximum atomic E-state index is 12.0. The summed E-state index contributed by atoms with van der Waals surface area (Å²) in [4.78, 5) is 13.9. The van der Waals surface area contributed by atoms with Crippen LogP contribution >= 0.6 is 0 Å². The van der Waals surface area contributed by atoms with Crippen LogP contribution in [0.1, 0.15) is 24.8 Å². The summed E-state index contributed by atoms with van der Waals surface area (Å²) in [7, 11) is 1.65. The van der Waals surface area contributed by atoms with Crippen LogP contribution in [0.15, 0.2) is 24.3 Å². The minimum absolute atomic E-state index is 0.150. The fraction of sp³-hybridized carbons (Fsp3) is 0.500. The molecule has 1 aliphatic heterocycles. The molecule has 0 aliphatic carbocycles. The highest BCUT2D eigenvalue weighted by molar-refractivity contribution is 5.76. The van der Waals surface area contributed by atoms with Gasteiger partial charge >= 0.3 is 0 Å². The summed E-state index contributed by atoms with van der Waals surface area (Å²) in [5, 5.41) is 0. The van der Waals surface area contributed by atoms with E-state index in [1.54, 1.807) is 7.11 Å². The predicted molar refractivity (Wildman–Crippen MR) is 70.2 cm³/mol. The first-order chi connectivity index (χ1) is 8.70. The summed E-state index contributed by atoms with van der Waals surface area (Å²) in [6, 6.07) is 7.96. The summed E-state index contributed by atoms with van der Waals surface area (Å²) in [6.07, 6.45) is 2.22. The van der Waals surface area contributed by atoms with Crippen LogP contribution in [-0.2, 0) is 11.3 Å². The van der Waals surface area contributed by atoms with Crippen molar-refractivity contribution in [3.05, 3.63) is 29.8 Å². The molecule has 0 radical (unpaired) electrons. The number of carbonyl (C=O) groups is 1. The average Bonchev–Trinajstić information content (AvgIpc) is 2.55. The number of nitrogens with two attached hydrogens (primary N) is 1. The van der Waals surface area contributed by atoms with E-state index in [0.29, 0.717) is 13.0 Å². The Hall–Kier alpha value is -1.55. The first-order valence-electron chi connectivity index (χ1n) is 6.36. The minimum Gasteiger partial charge on any atom is -0.496 e. The smallest absolute Gasteiger partial charge is 0.222 e. The molecule has 1 heterocycles. The lowest BCUT2D eigenvalue weighted by Crippen LogP contribution is -2.30. The molecule has 1 amide bonds. The Morgan fingerprint density at radius 1 is 1.39 bits per heavy atom. The lowest BCUT2D eigenvalue weighted by molar-refractivity contribution is -0.131. The van der Waals surface area contributed by atoms with Crippen LogP contribution in [0.5, 0.6) is 5.75 Å². The third-order valence-electron chi connectivity index (χ3n) is 3.41. The number of benzene rings is 1. The second kappa shape index (κ2) is 5.87. The lowest BCUT2D eigenvalue weighted by atomic mass is 10.1. The number of amides is 1. The van der Waals surface area contributed by atoms with E-state index in [1.807, 2.05) is 29.2 Å². The molecule has 18 heavy (non-hydrogen) atoms. The van der Waals surface area contributed by atoms with Crippen molar-refractivity contribution in [1.29, 1.82) is 0 Å². The van der Waals surface area contributed by atoms with Crippen molar-refractivity contribution in [1.82, 2.24) is 4.90 Å². The Balaban J connectivity index is 2.09. The summed E-state index contributed by atoms with van der Waals surface area (Å²) in [6.45, 7) is 1.34. The van der Waals surface area contributed by atoms with Crippen LogP contribution in [0.3, 0.4) is 0 Å². The normalized spacial score (nSPS) is 20.7. The molecule has 1 fully saturated rings. The molecule has 1 aliphatic rings. The topological polar surface area (TPSA) is 55.6 Å². The van der Waals surface area contributed by atoms with E-state index in [4.69, 9.17) is 10.5 Å². The standard InChI is InChI=1S/C14H20N2O2/c1-18-13-5-3-2-4-11(13)10-16-9-8-12(15)6-7-14(16)17/h2-5,12H,6-10,15H2,1H3. The Morgan fingerprint density at radius 3 is 2.94 bits per heavy atom. The molecule has 2 rings (SSSR count). The van der Waals surface area contributed by atoms with Crippen LogP contribution in [0.4, 0.5) is 0 Å². The molecule has 4 heteroatoms.